The fraction of sp³-hybridized carbons (Fsp3) is 0.200. The molecule has 4 rings (SSSR count). The summed E-state index contributed by atoms with van der Waals surface area (Å²) in [6.07, 6.45) is 0. The van der Waals surface area contributed by atoms with E-state index in [4.69, 9.17) is 14.0 Å². The number of para-hydroxylation sites is 1. The third kappa shape index (κ3) is 3.01. The molecule has 6 nitrogen and oxygen atoms in total. The zero-order valence-electron chi connectivity index (χ0n) is 14.3. The number of fused-ring (bicyclic) bond motifs is 1. The van der Waals surface area contributed by atoms with Crippen LogP contribution >= 0.6 is 0 Å². The van der Waals surface area contributed by atoms with Gasteiger partial charge in [0, 0.05) is 23.9 Å². The standard InChI is InChI=1S/C20H18N2O4/c1-2-22(15-6-4-3-5-7-15)20(23)16-13-18(26-21-16)14-8-9-17-19(12-14)25-11-10-24-17/h3-9,12-13H,2,10-11H2,1H3. The Bertz CT molecular complexity index is 921. The number of hydrogen-bond acceptors (Lipinski definition) is 5. The SMILES string of the molecule is CCN(C(=O)c1cc(-c2ccc3c(c2)OCCO3)on1)c1ccccc1. The summed E-state index contributed by atoms with van der Waals surface area (Å²) in [7, 11) is 0. The molecule has 6 heteroatoms. The largest absolute Gasteiger partial charge is 0.486 e. The molecule has 1 amide bonds. The maximum absolute atomic E-state index is 12.8. The van der Waals surface area contributed by atoms with Gasteiger partial charge in [-0.05, 0) is 37.3 Å². The fourth-order valence-corrected chi connectivity index (χ4v) is 2.90. The normalized spacial score (nSPS) is 12.7. The van der Waals surface area contributed by atoms with Crippen LogP contribution in [0.5, 0.6) is 11.5 Å². The van der Waals surface area contributed by atoms with Gasteiger partial charge in [0.05, 0.1) is 0 Å². The molecule has 132 valence electrons. The highest BCUT2D eigenvalue weighted by molar-refractivity contribution is 6.05. The molecule has 0 radical (unpaired) electrons. The third-order valence-corrected chi connectivity index (χ3v) is 4.19. The third-order valence-electron chi connectivity index (χ3n) is 4.19. The smallest absolute Gasteiger partial charge is 0.280 e. The number of benzene rings is 2. The van der Waals surface area contributed by atoms with E-state index >= 15 is 0 Å². The van der Waals surface area contributed by atoms with Crippen LogP contribution in [0.1, 0.15) is 17.4 Å². The summed E-state index contributed by atoms with van der Waals surface area (Å²) < 4.78 is 16.5. The zero-order valence-corrected chi connectivity index (χ0v) is 14.3. The first-order valence-corrected chi connectivity index (χ1v) is 8.50. The summed E-state index contributed by atoms with van der Waals surface area (Å²) in [5, 5.41) is 3.96. The van der Waals surface area contributed by atoms with Crippen LogP contribution in [0.2, 0.25) is 0 Å². The van der Waals surface area contributed by atoms with E-state index in [1.807, 2.05) is 55.5 Å². The summed E-state index contributed by atoms with van der Waals surface area (Å²) in [5.74, 6) is 1.68. The highest BCUT2D eigenvalue weighted by Gasteiger charge is 2.21. The molecular weight excluding hydrogens is 332 g/mol. The molecular formula is C20H18N2O4. The van der Waals surface area contributed by atoms with Crippen molar-refractivity contribution in [3.05, 3.63) is 60.3 Å². The lowest BCUT2D eigenvalue weighted by molar-refractivity contribution is 0.0979. The molecule has 1 aliphatic heterocycles. The Morgan fingerprint density at radius 2 is 1.81 bits per heavy atom. The first-order valence-electron chi connectivity index (χ1n) is 8.50. The van der Waals surface area contributed by atoms with Gasteiger partial charge in [0.2, 0.25) is 0 Å². The van der Waals surface area contributed by atoms with Gasteiger partial charge in [-0.25, -0.2) is 0 Å². The van der Waals surface area contributed by atoms with Crippen LogP contribution in [0.4, 0.5) is 5.69 Å². The Balaban J connectivity index is 1.60. The predicted octanol–water partition coefficient (Wildman–Crippen LogP) is 3.78. The molecule has 1 aliphatic rings. The number of carbonyl (C=O) groups excluding carboxylic acids is 1. The molecule has 0 unspecified atom stereocenters. The van der Waals surface area contributed by atoms with E-state index in [2.05, 4.69) is 5.16 Å². The maximum Gasteiger partial charge on any atom is 0.280 e. The van der Waals surface area contributed by atoms with Gasteiger partial charge in [0.15, 0.2) is 23.0 Å². The lowest BCUT2D eigenvalue weighted by Gasteiger charge is -2.19. The van der Waals surface area contributed by atoms with Gasteiger partial charge < -0.3 is 18.9 Å². The summed E-state index contributed by atoms with van der Waals surface area (Å²) in [5.41, 5.74) is 1.87. The molecule has 0 fully saturated rings. The van der Waals surface area contributed by atoms with Crippen molar-refractivity contribution >= 4 is 11.6 Å². The van der Waals surface area contributed by atoms with Crippen molar-refractivity contribution in [2.24, 2.45) is 0 Å². The molecule has 26 heavy (non-hydrogen) atoms. The van der Waals surface area contributed by atoms with E-state index in [-0.39, 0.29) is 11.6 Å². The number of anilines is 1. The highest BCUT2D eigenvalue weighted by atomic mass is 16.6. The molecule has 2 heterocycles. The Hall–Kier alpha value is -3.28. The second-order valence-corrected chi connectivity index (χ2v) is 5.82. The topological polar surface area (TPSA) is 64.8 Å². The maximum atomic E-state index is 12.8. The molecule has 1 aromatic heterocycles. The Kier molecular flexibility index (Phi) is 4.31. The minimum atomic E-state index is -0.203. The second-order valence-electron chi connectivity index (χ2n) is 5.82. The van der Waals surface area contributed by atoms with E-state index in [1.165, 1.54) is 0 Å². The van der Waals surface area contributed by atoms with Crippen LogP contribution in [0.3, 0.4) is 0 Å². The Morgan fingerprint density at radius 3 is 2.58 bits per heavy atom. The number of ether oxygens (including phenoxy) is 2. The molecule has 0 aliphatic carbocycles. The van der Waals surface area contributed by atoms with Crippen LogP contribution in [-0.2, 0) is 0 Å². The van der Waals surface area contributed by atoms with Gasteiger partial charge in [-0.1, -0.05) is 23.4 Å². The minimum absolute atomic E-state index is 0.203. The van der Waals surface area contributed by atoms with Gasteiger partial charge in [-0.2, -0.15) is 0 Å². The quantitative estimate of drug-likeness (QED) is 0.716. The average Bonchev–Trinajstić information content (AvgIpc) is 3.19. The number of carbonyl (C=O) groups is 1. The van der Waals surface area contributed by atoms with E-state index in [1.54, 1.807) is 11.0 Å². The summed E-state index contributed by atoms with van der Waals surface area (Å²) in [4.78, 5) is 14.5. The van der Waals surface area contributed by atoms with E-state index < -0.39 is 0 Å². The zero-order chi connectivity index (χ0) is 17.9. The van der Waals surface area contributed by atoms with Crippen LogP contribution in [0.15, 0.2) is 59.1 Å². The average molecular weight is 350 g/mol. The number of nitrogens with zero attached hydrogens (tertiary/aromatic N) is 2. The van der Waals surface area contributed by atoms with Crippen molar-refractivity contribution in [2.45, 2.75) is 6.92 Å². The van der Waals surface area contributed by atoms with Gasteiger partial charge in [0.25, 0.3) is 5.91 Å². The number of aromatic nitrogens is 1. The second kappa shape index (κ2) is 6.92. The summed E-state index contributed by atoms with van der Waals surface area (Å²) in [6, 6.07) is 16.7. The molecule has 2 aromatic carbocycles. The summed E-state index contributed by atoms with van der Waals surface area (Å²) >= 11 is 0. The lowest BCUT2D eigenvalue weighted by Crippen LogP contribution is -2.30. The van der Waals surface area contributed by atoms with E-state index in [0.29, 0.717) is 37.0 Å². The van der Waals surface area contributed by atoms with Crippen molar-refractivity contribution in [3.63, 3.8) is 0 Å². The van der Waals surface area contributed by atoms with Crippen LogP contribution in [0.25, 0.3) is 11.3 Å². The van der Waals surface area contributed by atoms with Crippen molar-refractivity contribution in [1.29, 1.82) is 0 Å². The monoisotopic (exact) mass is 350 g/mol. The van der Waals surface area contributed by atoms with Gasteiger partial charge in [0.1, 0.15) is 13.2 Å². The molecule has 0 saturated carbocycles. The van der Waals surface area contributed by atoms with Gasteiger partial charge >= 0.3 is 0 Å². The Labute approximate surface area is 150 Å². The van der Waals surface area contributed by atoms with Crippen molar-refractivity contribution in [3.8, 4) is 22.8 Å². The van der Waals surface area contributed by atoms with Crippen LogP contribution < -0.4 is 14.4 Å². The van der Waals surface area contributed by atoms with Crippen LogP contribution in [0, 0.1) is 0 Å². The minimum Gasteiger partial charge on any atom is -0.486 e. The number of rotatable bonds is 4. The predicted molar refractivity (Wildman–Crippen MR) is 96.7 cm³/mol. The molecule has 0 spiro atoms. The van der Waals surface area contributed by atoms with Gasteiger partial charge in [-0.15, -0.1) is 0 Å². The number of hydrogen-bond donors (Lipinski definition) is 0. The van der Waals surface area contributed by atoms with Crippen molar-refractivity contribution in [1.82, 2.24) is 5.16 Å². The van der Waals surface area contributed by atoms with Crippen molar-refractivity contribution in [2.75, 3.05) is 24.7 Å². The summed E-state index contributed by atoms with van der Waals surface area (Å²) in [6.45, 7) is 3.51. The first-order chi connectivity index (χ1) is 12.8. The van der Waals surface area contributed by atoms with Gasteiger partial charge in [-0.3, -0.25) is 4.79 Å². The van der Waals surface area contributed by atoms with Crippen molar-refractivity contribution < 1.29 is 18.8 Å². The molecule has 0 N–H and O–H groups in total. The fourth-order valence-electron chi connectivity index (χ4n) is 2.90. The van der Waals surface area contributed by atoms with Crippen LogP contribution in [-0.4, -0.2) is 30.8 Å². The molecule has 0 bridgehead atoms. The molecule has 0 saturated heterocycles. The Morgan fingerprint density at radius 1 is 1.04 bits per heavy atom. The lowest BCUT2D eigenvalue weighted by atomic mass is 10.1. The first kappa shape index (κ1) is 16.2. The van der Waals surface area contributed by atoms with E-state index in [9.17, 15) is 4.79 Å². The molecule has 0 atom stereocenters. The highest BCUT2D eigenvalue weighted by Crippen LogP contribution is 2.34. The van der Waals surface area contributed by atoms with E-state index in [0.717, 1.165) is 11.3 Å². The molecule has 3 aromatic rings. The number of amides is 1.